The maximum atomic E-state index is 12.0. The number of aliphatic hydroxyl groups is 1. The molecule has 0 aliphatic heterocycles. The van der Waals surface area contributed by atoms with Crippen LogP contribution in [0.25, 0.3) is 0 Å². The van der Waals surface area contributed by atoms with Gasteiger partial charge in [0.1, 0.15) is 10.6 Å². The highest BCUT2D eigenvalue weighted by Crippen LogP contribution is 2.12. The second kappa shape index (κ2) is 6.66. The Hall–Kier alpha value is -1.42. The Labute approximate surface area is 110 Å². The van der Waals surface area contributed by atoms with Crippen LogP contribution in [0.3, 0.4) is 0 Å². The SMILES string of the molecule is COCC(CCO)NS(=O)(=O)c1c[nH]c(C(=O)O)c1. The zero-order valence-corrected chi connectivity index (χ0v) is 11.1. The fourth-order valence-electron chi connectivity index (χ4n) is 1.47. The number of aromatic nitrogens is 1. The topological polar surface area (TPSA) is 129 Å². The molecular formula is C10H16N2O6S. The van der Waals surface area contributed by atoms with Gasteiger partial charge >= 0.3 is 5.97 Å². The number of hydrogen-bond acceptors (Lipinski definition) is 5. The van der Waals surface area contributed by atoms with Crippen molar-refractivity contribution in [2.24, 2.45) is 0 Å². The molecule has 0 spiro atoms. The van der Waals surface area contributed by atoms with Crippen LogP contribution < -0.4 is 4.72 Å². The molecule has 1 unspecified atom stereocenters. The van der Waals surface area contributed by atoms with Crippen LogP contribution >= 0.6 is 0 Å². The molecule has 1 aromatic heterocycles. The number of ether oxygens (including phenoxy) is 1. The van der Waals surface area contributed by atoms with Gasteiger partial charge in [0.2, 0.25) is 10.0 Å². The van der Waals surface area contributed by atoms with E-state index in [-0.39, 0.29) is 30.2 Å². The molecule has 1 rings (SSSR count). The Balaban J connectivity index is 2.86. The van der Waals surface area contributed by atoms with E-state index in [2.05, 4.69) is 9.71 Å². The fourth-order valence-corrected chi connectivity index (χ4v) is 2.72. The van der Waals surface area contributed by atoms with Gasteiger partial charge in [-0.2, -0.15) is 0 Å². The van der Waals surface area contributed by atoms with Crippen LogP contribution in [0.15, 0.2) is 17.2 Å². The largest absolute Gasteiger partial charge is 0.477 e. The van der Waals surface area contributed by atoms with Gasteiger partial charge < -0.3 is 19.9 Å². The summed E-state index contributed by atoms with van der Waals surface area (Å²) in [7, 11) is -2.44. The van der Waals surface area contributed by atoms with Crippen molar-refractivity contribution in [1.82, 2.24) is 9.71 Å². The normalized spacial score (nSPS) is 13.4. The summed E-state index contributed by atoms with van der Waals surface area (Å²) in [4.78, 5) is 12.8. The Morgan fingerprint density at radius 1 is 1.58 bits per heavy atom. The van der Waals surface area contributed by atoms with Crippen molar-refractivity contribution in [2.75, 3.05) is 20.3 Å². The molecule has 19 heavy (non-hydrogen) atoms. The summed E-state index contributed by atoms with van der Waals surface area (Å²) in [5.41, 5.74) is -0.217. The summed E-state index contributed by atoms with van der Waals surface area (Å²) < 4.78 is 31.1. The lowest BCUT2D eigenvalue weighted by molar-refractivity contribution is 0.0691. The lowest BCUT2D eigenvalue weighted by atomic mass is 10.2. The first-order valence-corrected chi connectivity index (χ1v) is 6.93. The van der Waals surface area contributed by atoms with Crippen LogP contribution in [0.1, 0.15) is 16.9 Å². The van der Waals surface area contributed by atoms with Crippen molar-refractivity contribution >= 4 is 16.0 Å². The monoisotopic (exact) mass is 292 g/mol. The lowest BCUT2D eigenvalue weighted by Crippen LogP contribution is -2.38. The van der Waals surface area contributed by atoms with Crippen LogP contribution in [0, 0.1) is 0 Å². The van der Waals surface area contributed by atoms with E-state index in [4.69, 9.17) is 14.9 Å². The molecule has 8 nitrogen and oxygen atoms in total. The van der Waals surface area contributed by atoms with Gasteiger partial charge in [-0.3, -0.25) is 0 Å². The van der Waals surface area contributed by atoms with Gasteiger partial charge in [-0.1, -0.05) is 0 Å². The van der Waals surface area contributed by atoms with Crippen LogP contribution in [-0.4, -0.2) is 55.9 Å². The molecule has 1 heterocycles. The number of methoxy groups -OCH3 is 1. The van der Waals surface area contributed by atoms with Crippen molar-refractivity contribution in [1.29, 1.82) is 0 Å². The van der Waals surface area contributed by atoms with E-state index in [0.29, 0.717) is 0 Å². The van der Waals surface area contributed by atoms with Gasteiger partial charge in [0.25, 0.3) is 0 Å². The van der Waals surface area contributed by atoms with Crippen molar-refractivity contribution in [3.63, 3.8) is 0 Å². The smallest absolute Gasteiger partial charge is 0.352 e. The first-order chi connectivity index (χ1) is 8.90. The summed E-state index contributed by atoms with van der Waals surface area (Å²) in [6, 6.07) is 0.441. The number of carboxylic acid groups (broad SMARTS) is 1. The molecule has 0 bridgehead atoms. The molecule has 0 fully saturated rings. The second-order valence-corrected chi connectivity index (χ2v) is 5.55. The van der Waals surface area contributed by atoms with E-state index in [1.807, 2.05) is 0 Å². The van der Waals surface area contributed by atoms with Crippen LogP contribution in [0.4, 0.5) is 0 Å². The molecule has 0 aliphatic rings. The zero-order valence-electron chi connectivity index (χ0n) is 10.3. The Bertz CT molecular complexity index is 518. The van der Waals surface area contributed by atoms with E-state index < -0.39 is 22.0 Å². The summed E-state index contributed by atoms with van der Waals surface area (Å²) >= 11 is 0. The minimum atomic E-state index is -3.85. The van der Waals surface area contributed by atoms with Gasteiger partial charge in [-0.25, -0.2) is 17.9 Å². The van der Waals surface area contributed by atoms with Crippen LogP contribution in [0.2, 0.25) is 0 Å². The van der Waals surface area contributed by atoms with E-state index in [1.54, 1.807) is 0 Å². The molecule has 1 aromatic rings. The highest BCUT2D eigenvalue weighted by Gasteiger charge is 2.22. The van der Waals surface area contributed by atoms with E-state index in [1.165, 1.54) is 7.11 Å². The molecular weight excluding hydrogens is 276 g/mol. The molecule has 4 N–H and O–H groups in total. The van der Waals surface area contributed by atoms with Crippen LogP contribution in [0.5, 0.6) is 0 Å². The maximum absolute atomic E-state index is 12.0. The molecule has 0 saturated carbocycles. The summed E-state index contributed by atoms with van der Waals surface area (Å²) in [5.74, 6) is -1.25. The number of carboxylic acids is 1. The van der Waals surface area contributed by atoms with Gasteiger partial charge in [0, 0.05) is 26.0 Å². The number of sulfonamides is 1. The Morgan fingerprint density at radius 3 is 2.74 bits per heavy atom. The van der Waals surface area contributed by atoms with E-state index in [0.717, 1.165) is 12.3 Å². The fraction of sp³-hybridized carbons (Fsp3) is 0.500. The molecule has 0 aromatic carbocycles. The first-order valence-electron chi connectivity index (χ1n) is 5.44. The number of carbonyl (C=O) groups is 1. The lowest BCUT2D eigenvalue weighted by Gasteiger charge is -2.16. The summed E-state index contributed by atoms with van der Waals surface area (Å²) in [6.45, 7) is -0.0833. The average molecular weight is 292 g/mol. The molecule has 108 valence electrons. The second-order valence-electron chi connectivity index (χ2n) is 3.84. The summed E-state index contributed by atoms with van der Waals surface area (Å²) in [5, 5.41) is 17.5. The number of nitrogens with one attached hydrogen (secondary N) is 2. The number of aliphatic hydroxyl groups excluding tert-OH is 1. The minimum absolute atomic E-state index is 0.107. The Kier molecular flexibility index (Phi) is 5.48. The Morgan fingerprint density at radius 2 is 2.26 bits per heavy atom. The molecule has 1 atom stereocenters. The quantitative estimate of drug-likeness (QED) is 0.506. The first kappa shape index (κ1) is 15.6. The third-order valence-electron chi connectivity index (χ3n) is 2.36. The molecule has 0 saturated heterocycles. The van der Waals surface area contributed by atoms with Crippen molar-refractivity contribution in [3.8, 4) is 0 Å². The number of H-pyrrole nitrogens is 1. The van der Waals surface area contributed by atoms with Gasteiger partial charge in [0.15, 0.2) is 0 Å². The highest BCUT2D eigenvalue weighted by atomic mass is 32.2. The van der Waals surface area contributed by atoms with Gasteiger partial charge in [0.05, 0.1) is 6.61 Å². The predicted molar refractivity (Wildman–Crippen MR) is 65.4 cm³/mol. The maximum Gasteiger partial charge on any atom is 0.352 e. The highest BCUT2D eigenvalue weighted by molar-refractivity contribution is 7.89. The number of hydrogen-bond donors (Lipinski definition) is 4. The summed E-state index contributed by atoms with van der Waals surface area (Å²) in [6.07, 6.45) is 1.29. The van der Waals surface area contributed by atoms with Crippen molar-refractivity contribution in [3.05, 3.63) is 18.0 Å². The predicted octanol–water partition coefficient (Wildman–Crippen LogP) is -0.611. The average Bonchev–Trinajstić information content (AvgIpc) is 2.79. The standard InChI is InChI=1S/C10H16N2O6S/c1-18-6-7(2-3-13)12-19(16,17)8-4-9(10(14)15)11-5-8/h4-5,7,11-13H,2-3,6H2,1H3,(H,14,15). The molecule has 0 aliphatic carbocycles. The van der Waals surface area contributed by atoms with Crippen molar-refractivity contribution < 1.29 is 28.2 Å². The third kappa shape index (κ3) is 4.31. The molecule has 9 heteroatoms. The minimum Gasteiger partial charge on any atom is -0.477 e. The number of rotatable bonds is 8. The molecule has 0 amide bonds. The number of aromatic amines is 1. The van der Waals surface area contributed by atoms with Gasteiger partial charge in [-0.05, 0) is 12.5 Å². The zero-order chi connectivity index (χ0) is 14.5. The number of aromatic carboxylic acids is 1. The molecule has 0 radical (unpaired) electrons. The van der Waals surface area contributed by atoms with Gasteiger partial charge in [-0.15, -0.1) is 0 Å². The van der Waals surface area contributed by atoms with Crippen LogP contribution in [-0.2, 0) is 14.8 Å². The van der Waals surface area contributed by atoms with E-state index >= 15 is 0 Å². The van der Waals surface area contributed by atoms with E-state index in [9.17, 15) is 13.2 Å². The van der Waals surface area contributed by atoms with Crippen molar-refractivity contribution in [2.45, 2.75) is 17.4 Å². The third-order valence-corrected chi connectivity index (χ3v) is 3.86.